The normalized spacial score (nSPS) is 16.9. The third-order valence-electron chi connectivity index (χ3n) is 4.05. The van der Waals surface area contributed by atoms with Crippen LogP contribution in [0.25, 0.3) is 0 Å². The molecule has 116 valence electrons. The first kappa shape index (κ1) is 15.9. The summed E-state index contributed by atoms with van der Waals surface area (Å²) in [6.07, 6.45) is 2.08. The molecule has 0 saturated carbocycles. The van der Waals surface area contributed by atoms with Gasteiger partial charge in [0.2, 0.25) is 5.91 Å². The van der Waals surface area contributed by atoms with Gasteiger partial charge in [-0.3, -0.25) is 9.69 Å². The number of nitrogens with one attached hydrogen (secondary N) is 2. The average molecular weight is 293 g/mol. The van der Waals surface area contributed by atoms with Crippen molar-refractivity contribution in [2.24, 2.45) is 0 Å². The van der Waals surface area contributed by atoms with Crippen LogP contribution in [0.3, 0.4) is 0 Å². The predicted octanol–water partition coefficient (Wildman–Crippen LogP) is 1.43. The van der Waals surface area contributed by atoms with Crippen LogP contribution in [0.15, 0.2) is 18.2 Å². The van der Waals surface area contributed by atoms with E-state index in [0.717, 1.165) is 38.0 Å². The lowest BCUT2D eigenvalue weighted by molar-refractivity contribution is -0.122. The number of hydrogen-bond donors (Lipinski definition) is 2. The van der Waals surface area contributed by atoms with Crippen LogP contribution in [0, 0.1) is 12.7 Å². The lowest BCUT2D eigenvalue weighted by atomic mass is 10.0. The van der Waals surface area contributed by atoms with Crippen LogP contribution in [0.2, 0.25) is 0 Å². The standard InChI is InChI=1S/C16H24FN3O/c1-12-9-13(3-4-15(12)17)10-19-14-5-7-20(8-6-14)11-16(21)18-2/h3-4,9,14,19H,5-8,10-11H2,1-2H3,(H,18,21). The smallest absolute Gasteiger partial charge is 0.233 e. The Bertz CT molecular complexity index is 484. The summed E-state index contributed by atoms with van der Waals surface area (Å²) in [4.78, 5) is 13.5. The summed E-state index contributed by atoms with van der Waals surface area (Å²) in [5.74, 6) is -0.0792. The van der Waals surface area contributed by atoms with E-state index in [0.29, 0.717) is 18.2 Å². The zero-order chi connectivity index (χ0) is 15.2. The molecule has 0 aliphatic carbocycles. The number of benzene rings is 1. The van der Waals surface area contributed by atoms with E-state index >= 15 is 0 Å². The molecule has 2 rings (SSSR count). The summed E-state index contributed by atoms with van der Waals surface area (Å²) in [5.41, 5.74) is 1.80. The molecule has 1 heterocycles. The Labute approximate surface area is 125 Å². The number of aryl methyl sites for hydroxylation is 1. The number of amides is 1. The quantitative estimate of drug-likeness (QED) is 0.863. The van der Waals surface area contributed by atoms with Crippen molar-refractivity contribution >= 4 is 5.91 Å². The molecule has 0 atom stereocenters. The maximum Gasteiger partial charge on any atom is 0.233 e. The predicted molar refractivity (Wildman–Crippen MR) is 81.5 cm³/mol. The highest BCUT2D eigenvalue weighted by Gasteiger charge is 2.20. The number of halogens is 1. The fourth-order valence-electron chi connectivity index (χ4n) is 2.66. The van der Waals surface area contributed by atoms with Gasteiger partial charge in [-0.1, -0.05) is 12.1 Å². The molecule has 1 amide bonds. The second-order valence-corrected chi connectivity index (χ2v) is 5.69. The molecular formula is C16H24FN3O. The Morgan fingerprint density at radius 1 is 1.38 bits per heavy atom. The average Bonchev–Trinajstić information content (AvgIpc) is 2.50. The van der Waals surface area contributed by atoms with Gasteiger partial charge in [-0.2, -0.15) is 0 Å². The van der Waals surface area contributed by atoms with E-state index < -0.39 is 0 Å². The highest BCUT2D eigenvalue weighted by molar-refractivity contribution is 5.77. The molecule has 1 aliphatic rings. The first-order valence-electron chi connectivity index (χ1n) is 7.50. The van der Waals surface area contributed by atoms with Gasteiger partial charge in [0.25, 0.3) is 0 Å². The monoisotopic (exact) mass is 293 g/mol. The Morgan fingerprint density at radius 2 is 2.10 bits per heavy atom. The van der Waals surface area contributed by atoms with Crippen LogP contribution in [-0.2, 0) is 11.3 Å². The molecule has 21 heavy (non-hydrogen) atoms. The lowest BCUT2D eigenvalue weighted by Gasteiger charge is -2.31. The molecule has 1 aliphatic heterocycles. The molecule has 0 bridgehead atoms. The van der Waals surface area contributed by atoms with Gasteiger partial charge in [-0.15, -0.1) is 0 Å². The van der Waals surface area contributed by atoms with Crippen LogP contribution < -0.4 is 10.6 Å². The number of carbonyl (C=O) groups is 1. The number of nitrogens with zero attached hydrogens (tertiary/aromatic N) is 1. The molecule has 4 nitrogen and oxygen atoms in total. The molecule has 1 fully saturated rings. The maximum atomic E-state index is 13.2. The van der Waals surface area contributed by atoms with Crippen molar-refractivity contribution in [1.82, 2.24) is 15.5 Å². The second-order valence-electron chi connectivity index (χ2n) is 5.69. The number of carbonyl (C=O) groups excluding carboxylic acids is 1. The van der Waals surface area contributed by atoms with Gasteiger partial charge in [0.1, 0.15) is 5.82 Å². The minimum absolute atomic E-state index is 0.0724. The first-order chi connectivity index (χ1) is 10.1. The summed E-state index contributed by atoms with van der Waals surface area (Å²) < 4.78 is 13.2. The Kier molecular flexibility index (Phi) is 5.70. The van der Waals surface area contributed by atoms with Gasteiger partial charge in [-0.25, -0.2) is 4.39 Å². The van der Waals surface area contributed by atoms with E-state index in [4.69, 9.17) is 0 Å². The third-order valence-corrected chi connectivity index (χ3v) is 4.05. The molecular weight excluding hydrogens is 269 g/mol. The van der Waals surface area contributed by atoms with Gasteiger partial charge in [0.15, 0.2) is 0 Å². The summed E-state index contributed by atoms with van der Waals surface area (Å²) in [6, 6.07) is 5.72. The summed E-state index contributed by atoms with van der Waals surface area (Å²) >= 11 is 0. The van der Waals surface area contributed by atoms with Crippen molar-refractivity contribution in [1.29, 1.82) is 0 Å². The van der Waals surface area contributed by atoms with E-state index in [-0.39, 0.29) is 11.7 Å². The van der Waals surface area contributed by atoms with Crippen molar-refractivity contribution in [2.45, 2.75) is 32.4 Å². The van der Waals surface area contributed by atoms with Gasteiger partial charge < -0.3 is 10.6 Å². The lowest BCUT2D eigenvalue weighted by Crippen LogP contribution is -2.45. The van der Waals surface area contributed by atoms with Crippen LogP contribution in [0.4, 0.5) is 4.39 Å². The molecule has 0 radical (unpaired) electrons. The van der Waals surface area contributed by atoms with Gasteiger partial charge >= 0.3 is 0 Å². The van der Waals surface area contributed by atoms with Crippen LogP contribution >= 0.6 is 0 Å². The van der Waals surface area contributed by atoms with E-state index in [9.17, 15) is 9.18 Å². The Morgan fingerprint density at radius 3 is 2.71 bits per heavy atom. The number of rotatable bonds is 5. The highest BCUT2D eigenvalue weighted by atomic mass is 19.1. The van der Waals surface area contributed by atoms with Crippen LogP contribution in [-0.4, -0.2) is 43.5 Å². The molecule has 2 N–H and O–H groups in total. The van der Waals surface area contributed by atoms with E-state index in [1.54, 1.807) is 14.0 Å². The van der Waals surface area contributed by atoms with E-state index in [1.165, 1.54) is 6.07 Å². The minimum Gasteiger partial charge on any atom is -0.358 e. The van der Waals surface area contributed by atoms with E-state index in [2.05, 4.69) is 15.5 Å². The molecule has 5 heteroatoms. The van der Waals surface area contributed by atoms with Crippen molar-refractivity contribution in [2.75, 3.05) is 26.7 Å². The summed E-state index contributed by atoms with van der Waals surface area (Å²) in [6.45, 7) is 4.92. The Hall–Kier alpha value is -1.46. The fourth-order valence-corrected chi connectivity index (χ4v) is 2.66. The van der Waals surface area contributed by atoms with Crippen molar-refractivity contribution in [3.05, 3.63) is 35.1 Å². The maximum absolute atomic E-state index is 13.2. The van der Waals surface area contributed by atoms with E-state index in [1.807, 2.05) is 12.1 Å². The van der Waals surface area contributed by atoms with Crippen molar-refractivity contribution in [3.63, 3.8) is 0 Å². The van der Waals surface area contributed by atoms with Gasteiger partial charge in [-0.05, 0) is 37.0 Å². The van der Waals surface area contributed by atoms with Gasteiger partial charge in [0.05, 0.1) is 6.54 Å². The van der Waals surface area contributed by atoms with Crippen molar-refractivity contribution < 1.29 is 9.18 Å². The molecule has 1 aromatic carbocycles. The molecule has 0 spiro atoms. The zero-order valence-corrected chi connectivity index (χ0v) is 12.8. The SMILES string of the molecule is CNC(=O)CN1CCC(NCc2ccc(F)c(C)c2)CC1. The van der Waals surface area contributed by atoms with Crippen molar-refractivity contribution in [3.8, 4) is 0 Å². The highest BCUT2D eigenvalue weighted by Crippen LogP contribution is 2.13. The summed E-state index contributed by atoms with van der Waals surface area (Å²) in [7, 11) is 1.67. The summed E-state index contributed by atoms with van der Waals surface area (Å²) in [5, 5.41) is 6.18. The van der Waals surface area contributed by atoms with Crippen LogP contribution in [0.1, 0.15) is 24.0 Å². The number of likely N-dealkylation sites (N-methyl/N-ethyl adjacent to an activating group) is 1. The fraction of sp³-hybridized carbons (Fsp3) is 0.562. The topological polar surface area (TPSA) is 44.4 Å². The van der Waals surface area contributed by atoms with Crippen LogP contribution in [0.5, 0.6) is 0 Å². The third kappa shape index (κ3) is 4.79. The molecule has 0 aromatic heterocycles. The molecule has 1 saturated heterocycles. The number of likely N-dealkylation sites (tertiary alicyclic amines) is 1. The number of piperidine rings is 1. The minimum atomic E-state index is -0.152. The Balaban J connectivity index is 1.73. The molecule has 0 unspecified atom stereocenters. The largest absolute Gasteiger partial charge is 0.358 e. The first-order valence-corrected chi connectivity index (χ1v) is 7.50. The zero-order valence-electron chi connectivity index (χ0n) is 12.8. The number of hydrogen-bond acceptors (Lipinski definition) is 3. The second kappa shape index (κ2) is 7.52. The molecule has 1 aromatic rings. The van der Waals surface area contributed by atoms with Gasteiger partial charge in [0, 0.05) is 32.7 Å².